The Morgan fingerprint density at radius 1 is 0.880 bits per heavy atom. The van der Waals surface area contributed by atoms with Gasteiger partial charge in [0.2, 0.25) is 0 Å². The Morgan fingerprint density at radius 2 is 1.48 bits per heavy atom. The number of allylic oxidation sites excluding steroid dienone is 1. The van der Waals surface area contributed by atoms with Crippen LogP contribution in [0.5, 0.6) is 0 Å². The summed E-state index contributed by atoms with van der Waals surface area (Å²) in [7, 11) is 1.11. The molecule has 0 aliphatic heterocycles. The van der Waals surface area contributed by atoms with Crippen LogP contribution in [0, 0.1) is 0 Å². The van der Waals surface area contributed by atoms with E-state index in [1.165, 1.54) is 22.3 Å². The van der Waals surface area contributed by atoms with Crippen LogP contribution >= 0.6 is 37.2 Å². The molecule has 1 aliphatic carbocycles. The first kappa shape index (κ1) is 25.0. The van der Waals surface area contributed by atoms with Gasteiger partial charge in [0.1, 0.15) is 0 Å². The molecule has 0 nitrogen and oxygen atoms in total. The number of halogens is 3. The maximum Gasteiger partial charge on any atom is -0.147 e. The maximum atomic E-state index is 2.43. The minimum atomic E-state index is 0. The second kappa shape index (κ2) is 9.78. The molecule has 0 heterocycles. The van der Waals surface area contributed by atoms with E-state index in [9.17, 15) is 0 Å². The Balaban J connectivity index is 0.00000192. The van der Waals surface area contributed by atoms with Gasteiger partial charge < -0.3 is 0 Å². The van der Waals surface area contributed by atoms with Crippen LogP contribution in [0.25, 0.3) is 5.20 Å². The van der Waals surface area contributed by atoms with Crippen LogP contribution in [0.2, 0.25) is 0 Å². The van der Waals surface area contributed by atoms with Crippen LogP contribution in [0.15, 0.2) is 48.0 Å². The van der Waals surface area contributed by atoms with Crippen molar-refractivity contribution in [3.8, 4) is 0 Å². The van der Waals surface area contributed by atoms with Crippen molar-refractivity contribution < 1.29 is 20.4 Å². The molecule has 0 radical (unpaired) electrons. The van der Waals surface area contributed by atoms with Gasteiger partial charge in [0.15, 0.2) is 0 Å². The summed E-state index contributed by atoms with van der Waals surface area (Å²) in [6, 6.07) is 15.9. The first-order valence-corrected chi connectivity index (χ1v) is 9.97. The number of rotatable bonds is 3. The second-order valence-corrected chi connectivity index (χ2v) is 8.37. The Kier molecular flexibility index (Phi) is 9.78. The van der Waals surface area contributed by atoms with Gasteiger partial charge in [-0.15, -0.1) is 37.2 Å². The molecule has 0 fully saturated rings. The fourth-order valence-corrected chi connectivity index (χ4v) is 6.10. The van der Waals surface area contributed by atoms with Crippen LogP contribution in [0.3, 0.4) is 0 Å². The van der Waals surface area contributed by atoms with Crippen LogP contribution in [0.1, 0.15) is 48.6 Å². The predicted octanol–water partition coefficient (Wildman–Crippen LogP) is 4.98. The van der Waals surface area contributed by atoms with Crippen molar-refractivity contribution in [2.75, 3.05) is 0 Å². The Morgan fingerprint density at radius 3 is 2.08 bits per heavy atom. The molecule has 3 rings (SSSR count). The van der Waals surface area contributed by atoms with Gasteiger partial charge in [-0.05, 0) is 0 Å². The molecule has 1 atom stereocenters. The standard InChI is InChI=1S/C20H23Si.3ClH.Ti/c1-4-14-9-8-12-16(15(14)5-2)19-13(3)20(21)18-11-7-6-10-17(18)19;;;;/h6-12H,4-5H2,1-3,21H3;3*1H;. The number of hydrogen-bond acceptors (Lipinski definition) is 0. The van der Waals surface area contributed by atoms with Crippen LogP contribution in [-0.4, -0.2) is 10.2 Å². The summed E-state index contributed by atoms with van der Waals surface area (Å²) >= 11 is 2.43. The smallest absolute Gasteiger partial charge is 0.147 e. The summed E-state index contributed by atoms with van der Waals surface area (Å²) in [6.07, 6.45) is 2.23. The third-order valence-electron chi connectivity index (χ3n) is 5.27. The van der Waals surface area contributed by atoms with Gasteiger partial charge in [-0.1, -0.05) is 0 Å². The first-order valence-electron chi connectivity index (χ1n) is 8.19. The number of benzene rings is 2. The molecule has 1 unspecified atom stereocenters. The molecule has 2 aromatic carbocycles. The van der Waals surface area contributed by atoms with Crippen molar-refractivity contribution in [1.29, 1.82) is 0 Å². The number of fused-ring (bicyclic) bond motifs is 1. The summed E-state index contributed by atoms with van der Waals surface area (Å²) in [5.74, 6) is 0. The largest absolute Gasteiger partial charge is 0.147 e. The molecule has 5 heteroatoms. The Hall–Kier alpha value is -0.0188. The van der Waals surface area contributed by atoms with E-state index < -0.39 is 0 Å². The Labute approximate surface area is 185 Å². The van der Waals surface area contributed by atoms with Crippen molar-refractivity contribution in [2.24, 2.45) is 0 Å². The van der Waals surface area contributed by atoms with Gasteiger partial charge in [-0.25, -0.2) is 0 Å². The van der Waals surface area contributed by atoms with E-state index in [1.807, 2.05) is 0 Å². The molecule has 25 heavy (non-hydrogen) atoms. The average molecular weight is 449 g/mol. The van der Waals surface area contributed by atoms with E-state index >= 15 is 0 Å². The van der Waals surface area contributed by atoms with Crippen LogP contribution < -0.4 is 0 Å². The number of aryl methyl sites for hydroxylation is 1. The molecule has 1 aliphatic rings. The van der Waals surface area contributed by atoms with Gasteiger partial charge in [-0.3, -0.25) is 0 Å². The molecular weight excluding hydrogens is 423 g/mol. The summed E-state index contributed by atoms with van der Waals surface area (Å²) in [4.78, 5) is 0. The van der Waals surface area contributed by atoms with Gasteiger partial charge >= 0.3 is 149 Å². The third kappa shape index (κ3) is 3.83. The Bertz CT molecular complexity index is 773. The summed E-state index contributed by atoms with van der Waals surface area (Å²) < 4.78 is 0.0458. The fourth-order valence-electron chi connectivity index (χ4n) is 3.90. The van der Waals surface area contributed by atoms with E-state index in [0.29, 0.717) is 0 Å². The van der Waals surface area contributed by atoms with Crippen LogP contribution in [-0.2, 0) is 37.0 Å². The van der Waals surface area contributed by atoms with E-state index in [0.717, 1.165) is 23.1 Å². The molecule has 0 spiro atoms. The van der Waals surface area contributed by atoms with E-state index in [4.69, 9.17) is 0 Å². The van der Waals surface area contributed by atoms with Crippen molar-refractivity contribution >= 4 is 52.7 Å². The predicted molar refractivity (Wildman–Crippen MR) is 117 cm³/mol. The summed E-state index contributed by atoms with van der Waals surface area (Å²) in [6.45, 7) is 6.91. The summed E-state index contributed by atoms with van der Waals surface area (Å²) in [5, 5.41) is 1.59. The van der Waals surface area contributed by atoms with Crippen molar-refractivity contribution in [1.82, 2.24) is 0 Å². The molecule has 0 bridgehead atoms. The maximum absolute atomic E-state index is 2.43. The topological polar surface area (TPSA) is 0 Å². The summed E-state index contributed by atoms with van der Waals surface area (Å²) in [5.41, 5.74) is 9.12. The molecule has 135 valence electrons. The average Bonchev–Trinajstić information content (AvgIpc) is 2.77. The molecule has 0 aromatic heterocycles. The second-order valence-electron chi connectivity index (χ2n) is 6.20. The monoisotopic (exact) mass is 447 g/mol. The quantitative estimate of drug-likeness (QED) is 0.581. The molecule has 0 N–H and O–H groups in total. The van der Waals surface area contributed by atoms with Gasteiger partial charge in [0.25, 0.3) is 0 Å². The molecule has 0 saturated carbocycles. The molecule has 2 aromatic rings. The molecular formula is C20H26Cl3SiTi. The third-order valence-corrected chi connectivity index (χ3v) is 7.99. The van der Waals surface area contributed by atoms with Crippen molar-refractivity contribution in [3.63, 3.8) is 0 Å². The minimum absolute atomic E-state index is 0. The van der Waals surface area contributed by atoms with Crippen molar-refractivity contribution in [3.05, 3.63) is 75.9 Å². The van der Waals surface area contributed by atoms with E-state index in [1.54, 1.807) is 16.3 Å². The zero-order chi connectivity index (χ0) is 15.9. The van der Waals surface area contributed by atoms with Gasteiger partial charge in [0.05, 0.1) is 0 Å². The minimum Gasteiger partial charge on any atom is -0.147 e. The van der Waals surface area contributed by atoms with Crippen LogP contribution in [0.4, 0.5) is 0 Å². The van der Waals surface area contributed by atoms with Crippen molar-refractivity contribution in [2.45, 2.75) is 37.3 Å². The zero-order valence-corrected chi connectivity index (χ0v) is 21.2. The SMILES string of the molecule is CCc1cccc([C]2([Ti])C(C)=C([SiH3])c3ccccc32)c1CC.Cl.Cl.Cl. The molecule has 0 saturated heterocycles. The first-order chi connectivity index (χ1) is 10.6. The number of hydrogen-bond donors (Lipinski definition) is 0. The zero-order valence-electron chi connectivity index (χ0n) is 15.2. The molecule has 0 amide bonds. The fraction of sp³-hybridized carbons (Fsp3) is 0.300. The van der Waals surface area contributed by atoms with Gasteiger partial charge in [0, 0.05) is 0 Å². The van der Waals surface area contributed by atoms with Gasteiger partial charge in [-0.2, -0.15) is 0 Å². The normalized spacial score (nSPS) is 18.0. The van der Waals surface area contributed by atoms with E-state index in [2.05, 4.69) is 83.7 Å². The van der Waals surface area contributed by atoms with E-state index in [-0.39, 0.29) is 40.9 Å².